The van der Waals surface area contributed by atoms with Gasteiger partial charge < -0.3 is 24.3 Å². The number of rotatable bonds is 15. The molecule has 0 aliphatic carbocycles. The van der Waals surface area contributed by atoms with Gasteiger partial charge in [0.25, 0.3) is 0 Å². The van der Waals surface area contributed by atoms with Crippen LogP contribution in [0.3, 0.4) is 0 Å². The topological polar surface area (TPSA) is 110 Å². The van der Waals surface area contributed by atoms with E-state index in [1.807, 2.05) is 79.4 Å². The standard InChI is InChI=1S/C45H56N8O4.2ClH/c1-31(2)56-42-23-33(24-43(25-42)57-32(3)4)30-51-21-17-39(18-22-51)53(45-49-28-37(29-50-45)35-9-13-41(55-6)14-10-35)52(38-15-19-46-20-16-38)44-47-26-36(27-48-44)34-7-11-40(54-5)12-8-34;;/h7-14,23-29,31-32,38-39,46H,15-22,30H2,1-6H3;2*1H. The van der Waals surface area contributed by atoms with E-state index in [-0.39, 0.29) is 49.1 Å². The highest BCUT2D eigenvalue weighted by molar-refractivity contribution is 5.85. The summed E-state index contributed by atoms with van der Waals surface area (Å²) < 4.78 is 23.0. The third-order valence-corrected chi connectivity index (χ3v) is 10.4. The minimum absolute atomic E-state index is 0. The molecule has 0 amide bonds. The zero-order valence-corrected chi connectivity index (χ0v) is 36.5. The minimum Gasteiger partial charge on any atom is -0.497 e. The van der Waals surface area contributed by atoms with Gasteiger partial charge in [-0.15, -0.1) is 24.8 Å². The SMILES string of the molecule is COc1ccc(-c2cnc(N(C3CCNCC3)N(c3ncc(-c4ccc(OC)cc4)cn3)C3CCN(Cc4cc(OC(C)C)cc(OC(C)C)c4)CC3)nc2)cc1.Cl.Cl. The molecule has 4 heterocycles. The first kappa shape index (κ1) is 45.2. The number of likely N-dealkylation sites (tertiary alicyclic amines) is 1. The number of halogens is 2. The van der Waals surface area contributed by atoms with Crippen LogP contribution >= 0.6 is 24.8 Å². The highest BCUT2D eigenvalue weighted by atomic mass is 35.5. The number of benzene rings is 3. The van der Waals surface area contributed by atoms with Crippen molar-refractivity contribution in [3.63, 3.8) is 0 Å². The summed E-state index contributed by atoms with van der Waals surface area (Å²) in [5.41, 5.74) is 5.12. The van der Waals surface area contributed by atoms with Gasteiger partial charge in [-0.3, -0.25) is 4.90 Å². The van der Waals surface area contributed by atoms with Crippen molar-refractivity contribution in [1.29, 1.82) is 0 Å². The van der Waals surface area contributed by atoms with Crippen molar-refractivity contribution in [1.82, 2.24) is 30.2 Å². The number of anilines is 2. The maximum atomic E-state index is 6.13. The van der Waals surface area contributed by atoms with Crippen molar-refractivity contribution in [3.8, 4) is 45.3 Å². The first-order valence-corrected chi connectivity index (χ1v) is 20.2. The number of aromatic nitrogens is 4. The lowest BCUT2D eigenvalue weighted by Gasteiger charge is -2.47. The van der Waals surface area contributed by atoms with Gasteiger partial charge in [0.2, 0.25) is 11.9 Å². The molecule has 5 aromatic rings. The van der Waals surface area contributed by atoms with E-state index in [0.29, 0.717) is 11.9 Å². The number of nitrogens with zero attached hydrogens (tertiary/aromatic N) is 7. The summed E-state index contributed by atoms with van der Waals surface area (Å²) in [5.74, 6) is 4.58. The third-order valence-electron chi connectivity index (χ3n) is 10.4. The van der Waals surface area contributed by atoms with Crippen molar-refractivity contribution in [2.24, 2.45) is 0 Å². The van der Waals surface area contributed by atoms with Crippen LogP contribution in [0.15, 0.2) is 91.5 Å². The zero-order valence-electron chi connectivity index (χ0n) is 34.9. The molecule has 0 unspecified atom stereocenters. The predicted octanol–water partition coefficient (Wildman–Crippen LogP) is 8.68. The van der Waals surface area contributed by atoms with Crippen LogP contribution in [0.25, 0.3) is 22.3 Å². The molecule has 14 heteroatoms. The summed E-state index contributed by atoms with van der Waals surface area (Å²) in [6, 6.07) is 22.5. The highest BCUT2D eigenvalue weighted by Crippen LogP contribution is 2.33. The molecule has 3 aromatic carbocycles. The molecule has 0 radical (unpaired) electrons. The Balaban J connectivity index is 0.00000331. The smallest absolute Gasteiger partial charge is 0.244 e. The maximum Gasteiger partial charge on any atom is 0.244 e. The number of hydrazine groups is 1. The molecule has 59 heavy (non-hydrogen) atoms. The minimum atomic E-state index is 0. The van der Waals surface area contributed by atoms with Crippen LogP contribution in [0.1, 0.15) is 58.9 Å². The molecule has 0 bridgehead atoms. The van der Waals surface area contributed by atoms with E-state index >= 15 is 0 Å². The molecule has 1 N–H and O–H groups in total. The van der Waals surface area contributed by atoms with Gasteiger partial charge in [0, 0.05) is 61.6 Å². The van der Waals surface area contributed by atoms with Crippen molar-refractivity contribution >= 4 is 36.7 Å². The van der Waals surface area contributed by atoms with Gasteiger partial charge in [-0.2, -0.15) is 0 Å². The largest absolute Gasteiger partial charge is 0.497 e. The van der Waals surface area contributed by atoms with Crippen LogP contribution in [-0.4, -0.2) is 89.5 Å². The Morgan fingerprint density at radius 1 is 0.576 bits per heavy atom. The second-order valence-electron chi connectivity index (χ2n) is 15.3. The van der Waals surface area contributed by atoms with Crippen LogP contribution in [0.4, 0.5) is 11.9 Å². The van der Waals surface area contributed by atoms with E-state index in [4.69, 9.17) is 38.9 Å². The first-order valence-electron chi connectivity index (χ1n) is 20.2. The highest BCUT2D eigenvalue weighted by Gasteiger charge is 2.36. The Bertz CT molecular complexity index is 1980. The van der Waals surface area contributed by atoms with Crippen molar-refractivity contribution in [2.45, 2.75) is 84.2 Å². The summed E-state index contributed by atoms with van der Waals surface area (Å²) in [6.45, 7) is 12.6. The van der Waals surface area contributed by atoms with Gasteiger partial charge in [-0.05, 0) is 120 Å². The fraction of sp³-hybridized carbons (Fsp3) is 0.422. The molecule has 7 rings (SSSR count). The molecule has 2 aliphatic heterocycles. The fourth-order valence-electron chi connectivity index (χ4n) is 7.65. The molecule has 2 saturated heterocycles. The summed E-state index contributed by atoms with van der Waals surface area (Å²) in [4.78, 5) is 22.7. The van der Waals surface area contributed by atoms with Gasteiger partial charge in [0.15, 0.2) is 0 Å². The van der Waals surface area contributed by atoms with Crippen LogP contribution in [0, 0.1) is 0 Å². The summed E-state index contributed by atoms with van der Waals surface area (Å²) in [6.07, 6.45) is 11.5. The first-order chi connectivity index (χ1) is 27.8. The number of piperidine rings is 2. The van der Waals surface area contributed by atoms with Crippen molar-refractivity contribution < 1.29 is 18.9 Å². The number of methoxy groups -OCH3 is 2. The van der Waals surface area contributed by atoms with E-state index in [1.165, 1.54) is 5.56 Å². The predicted molar refractivity (Wildman–Crippen MR) is 240 cm³/mol. The molecule has 2 fully saturated rings. The van der Waals surface area contributed by atoms with E-state index in [9.17, 15) is 0 Å². The van der Waals surface area contributed by atoms with Gasteiger partial charge >= 0.3 is 0 Å². The van der Waals surface area contributed by atoms with Crippen LogP contribution in [0.5, 0.6) is 23.0 Å². The molecule has 0 atom stereocenters. The maximum absolute atomic E-state index is 6.13. The molecule has 2 aromatic heterocycles. The molecule has 316 valence electrons. The Labute approximate surface area is 361 Å². The second kappa shape index (κ2) is 21.4. The molecule has 0 spiro atoms. The number of nitrogens with one attached hydrogen (secondary N) is 1. The lowest BCUT2D eigenvalue weighted by atomic mass is 10.0. The van der Waals surface area contributed by atoms with E-state index in [1.54, 1.807) is 14.2 Å². The van der Waals surface area contributed by atoms with E-state index < -0.39 is 0 Å². The second-order valence-corrected chi connectivity index (χ2v) is 15.3. The normalized spacial score (nSPS) is 14.9. The van der Waals surface area contributed by atoms with E-state index in [0.717, 1.165) is 104 Å². The average molecular weight is 846 g/mol. The summed E-state index contributed by atoms with van der Waals surface area (Å²) in [7, 11) is 3.35. The molecule has 2 aliphatic rings. The number of hydrogen-bond acceptors (Lipinski definition) is 12. The van der Waals surface area contributed by atoms with Crippen LogP contribution in [0.2, 0.25) is 0 Å². The summed E-state index contributed by atoms with van der Waals surface area (Å²) >= 11 is 0. The molecular formula is C45H58Cl2N8O4. The molecular weight excluding hydrogens is 787 g/mol. The van der Waals surface area contributed by atoms with Gasteiger partial charge in [0.05, 0.1) is 38.5 Å². The number of hydrogen-bond donors (Lipinski definition) is 1. The van der Waals surface area contributed by atoms with Crippen molar-refractivity contribution in [3.05, 3.63) is 97.1 Å². The van der Waals surface area contributed by atoms with Crippen LogP contribution < -0.4 is 34.3 Å². The Kier molecular flexibility index (Phi) is 16.4. The molecule has 0 saturated carbocycles. The number of ether oxygens (including phenoxy) is 4. The zero-order chi connectivity index (χ0) is 39.7. The monoisotopic (exact) mass is 844 g/mol. The van der Waals surface area contributed by atoms with Crippen molar-refractivity contribution in [2.75, 3.05) is 50.4 Å². The Morgan fingerprint density at radius 2 is 0.983 bits per heavy atom. The Morgan fingerprint density at radius 3 is 1.37 bits per heavy atom. The average Bonchev–Trinajstić information content (AvgIpc) is 3.23. The lowest BCUT2D eigenvalue weighted by Crippen LogP contribution is -2.59. The Hall–Kier alpha value is -4.88. The van der Waals surface area contributed by atoms with E-state index in [2.05, 4.69) is 60.1 Å². The quantitative estimate of drug-likeness (QED) is 0.102. The molecule has 12 nitrogen and oxygen atoms in total. The third kappa shape index (κ3) is 11.7. The lowest BCUT2D eigenvalue weighted by molar-refractivity contribution is 0.195. The fourth-order valence-corrected chi connectivity index (χ4v) is 7.65. The van der Waals surface area contributed by atoms with Crippen LogP contribution in [-0.2, 0) is 6.54 Å². The van der Waals surface area contributed by atoms with Gasteiger partial charge in [-0.1, -0.05) is 24.3 Å². The van der Waals surface area contributed by atoms with Gasteiger partial charge in [0.1, 0.15) is 23.0 Å². The van der Waals surface area contributed by atoms with Gasteiger partial charge in [-0.25, -0.2) is 30.0 Å². The summed E-state index contributed by atoms with van der Waals surface area (Å²) in [5, 5.41) is 8.15.